The van der Waals surface area contributed by atoms with Crippen molar-refractivity contribution in [2.75, 3.05) is 11.4 Å². The number of amides is 2. The Morgan fingerprint density at radius 3 is 2.25 bits per heavy atom. The van der Waals surface area contributed by atoms with Gasteiger partial charge in [0.15, 0.2) is 0 Å². The van der Waals surface area contributed by atoms with Gasteiger partial charge in [-0.2, -0.15) is 0 Å². The van der Waals surface area contributed by atoms with Crippen LogP contribution in [0, 0.1) is 0 Å². The Balaban J connectivity index is 2.02. The lowest BCUT2D eigenvalue weighted by molar-refractivity contribution is -0.126. The van der Waals surface area contributed by atoms with Crippen molar-refractivity contribution in [3.8, 4) is 0 Å². The molecule has 2 amide bonds. The molecule has 2 aromatic rings. The Kier molecular flexibility index (Phi) is 8.28. The molecule has 3 rings (SSSR count). The van der Waals surface area contributed by atoms with Crippen molar-refractivity contribution in [3.63, 3.8) is 0 Å². The molecule has 1 aliphatic rings. The summed E-state index contributed by atoms with van der Waals surface area (Å²) in [6, 6.07) is 16.2. The molecule has 168 valence electrons. The zero-order valence-corrected chi connectivity index (χ0v) is 18.8. The van der Waals surface area contributed by atoms with Crippen molar-refractivity contribution < 1.29 is 9.59 Å². The van der Waals surface area contributed by atoms with Crippen LogP contribution in [0.3, 0.4) is 0 Å². The van der Waals surface area contributed by atoms with E-state index in [2.05, 4.69) is 29.2 Å². The van der Waals surface area contributed by atoms with Crippen LogP contribution < -0.4 is 10.2 Å². The molecular weight excluding hydrogens is 402 g/mol. The van der Waals surface area contributed by atoms with Crippen molar-refractivity contribution in [1.29, 1.82) is 0 Å². The summed E-state index contributed by atoms with van der Waals surface area (Å²) in [6.07, 6.45) is 5.27. The second kappa shape index (κ2) is 11.3. The average Bonchev–Trinajstić information content (AvgIpc) is 2.82. The van der Waals surface area contributed by atoms with E-state index in [4.69, 9.17) is 5.53 Å². The van der Waals surface area contributed by atoms with Gasteiger partial charge in [-0.3, -0.25) is 14.5 Å². The minimum absolute atomic E-state index is 0.110. The van der Waals surface area contributed by atoms with Crippen LogP contribution in [-0.2, 0) is 9.59 Å². The monoisotopic (exact) mass is 433 g/mol. The second-order valence-corrected chi connectivity index (χ2v) is 8.56. The molecule has 1 aliphatic carbocycles. The lowest BCUT2D eigenvalue weighted by Crippen LogP contribution is -2.48. The maximum absolute atomic E-state index is 13.6. The normalized spacial score (nSPS) is 15.0. The average molecular weight is 434 g/mol. The molecule has 0 spiro atoms. The molecule has 0 aliphatic heterocycles. The summed E-state index contributed by atoms with van der Waals surface area (Å²) in [7, 11) is 0. The molecule has 1 unspecified atom stereocenters. The topological polar surface area (TPSA) is 98.2 Å². The number of anilines is 1. The third kappa shape index (κ3) is 5.89. The van der Waals surface area contributed by atoms with Gasteiger partial charge in [-0.05, 0) is 47.6 Å². The molecule has 0 saturated heterocycles. The lowest BCUT2D eigenvalue weighted by Gasteiger charge is -2.33. The van der Waals surface area contributed by atoms with Gasteiger partial charge >= 0.3 is 0 Å². The highest BCUT2D eigenvalue weighted by Gasteiger charge is 2.33. The first-order chi connectivity index (χ1) is 15.5. The number of nitrogens with one attached hydrogen (secondary N) is 1. The van der Waals surface area contributed by atoms with Crippen molar-refractivity contribution in [3.05, 3.63) is 76.2 Å². The van der Waals surface area contributed by atoms with Crippen molar-refractivity contribution in [2.24, 2.45) is 5.11 Å². The first-order valence-electron chi connectivity index (χ1n) is 11.3. The molecule has 1 fully saturated rings. The molecule has 32 heavy (non-hydrogen) atoms. The molecule has 2 aromatic carbocycles. The summed E-state index contributed by atoms with van der Waals surface area (Å²) >= 11 is 0. The van der Waals surface area contributed by atoms with E-state index in [9.17, 15) is 9.59 Å². The molecule has 1 atom stereocenters. The van der Waals surface area contributed by atoms with Gasteiger partial charge in [-0.15, -0.1) is 0 Å². The zero-order valence-electron chi connectivity index (χ0n) is 18.8. The minimum Gasteiger partial charge on any atom is -0.351 e. The molecular formula is C25H31N5O2. The molecule has 0 bridgehead atoms. The van der Waals surface area contributed by atoms with E-state index in [0.717, 1.165) is 36.8 Å². The number of carbonyl (C=O) groups excluding carboxylic acids is 2. The van der Waals surface area contributed by atoms with E-state index >= 15 is 0 Å². The van der Waals surface area contributed by atoms with Gasteiger partial charge in [0.2, 0.25) is 11.8 Å². The zero-order chi connectivity index (χ0) is 22.9. The predicted molar refractivity (Wildman–Crippen MR) is 126 cm³/mol. The summed E-state index contributed by atoms with van der Waals surface area (Å²) in [5, 5.41) is 6.64. The summed E-state index contributed by atoms with van der Waals surface area (Å²) in [5.41, 5.74) is 11.2. The third-order valence-electron chi connectivity index (χ3n) is 5.95. The fourth-order valence-corrected chi connectivity index (χ4v) is 4.20. The maximum Gasteiger partial charge on any atom is 0.248 e. The standard InChI is InChI=1S/C25H31N5O2/c1-18(2)19-13-15-20(16-14-19)24(25(32)28-21-9-5-3-6-10-21)30(23(31)17-27-29-26)22-11-7-4-8-12-22/h4,7-8,11-16,18,21,24H,3,5-6,9-10,17H2,1-2H3,(H,28,32). The summed E-state index contributed by atoms with van der Waals surface area (Å²) in [5.74, 6) is -0.284. The third-order valence-corrected chi connectivity index (χ3v) is 5.95. The predicted octanol–water partition coefficient (Wildman–Crippen LogP) is 5.64. The van der Waals surface area contributed by atoms with Crippen LogP contribution in [0.15, 0.2) is 59.7 Å². The minimum atomic E-state index is -0.859. The second-order valence-electron chi connectivity index (χ2n) is 8.56. The smallest absolute Gasteiger partial charge is 0.248 e. The van der Waals surface area contributed by atoms with E-state index < -0.39 is 11.9 Å². The Hall–Kier alpha value is -3.31. The quantitative estimate of drug-likeness (QED) is 0.331. The first-order valence-corrected chi connectivity index (χ1v) is 11.3. The Bertz CT molecular complexity index is 946. The maximum atomic E-state index is 13.6. The van der Waals surface area contributed by atoms with Gasteiger partial charge < -0.3 is 5.32 Å². The largest absolute Gasteiger partial charge is 0.351 e. The van der Waals surface area contributed by atoms with Gasteiger partial charge in [-0.25, -0.2) is 0 Å². The van der Waals surface area contributed by atoms with Gasteiger partial charge in [-0.1, -0.05) is 80.7 Å². The van der Waals surface area contributed by atoms with Crippen LogP contribution >= 0.6 is 0 Å². The van der Waals surface area contributed by atoms with Crippen molar-refractivity contribution >= 4 is 17.5 Å². The highest BCUT2D eigenvalue weighted by molar-refractivity contribution is 6.02. The van der Waals surface area contributed by atoms with Crippen LogP contribution in [0.25, 0.3) is 10.4 Å². The van der Waals surface area contributed by atoms with Crippen LogP contribution in [0.1, 0.15) is 69.0 Å². The summed E-state index contributed by atoms with van der Waals surface area (Å²) in [4.78, 5) is 31.0. The van der Waals surface area contributed by atoms with E-state index in [1.165, 1.54) is 11.3 Å². The van der Waals surface area contributed by atoms with Crippen molar-refractivity contribution in [1.82, 2.24) is 5.32 Å². The number of para-hydroxylation sites is 1. The number of hydrogen-bond donors (Lipinski definition) is 1. The fraction of sp³-hybridized carbons (Fsp3) is 0.440. The number of benzene rings is 2. The molecule has 1 N–H and O–H groups in total. The molecule has 0 radical (unpaired) electrons. The number of carbonyl (C=O) groups is 2. The van der Waals surface area contributed by atoms with Gasteiger partial charge in [0.1, 0.15) is 12.6 Å². The van der Waals surface area contributed by atoms with E-state index in [1.54, 1.807) is 12.1 Å². The molecule has 0 heterocycles. The number of azide groups is 1. The highest BCUT2D eigenvalue weighted by Crippen LogP contribution is 2.30. The summed E-state index contributed by atoms with van der Waals surface area (Å²) in [6.45, 7) is 3.87. The molecule has 0 aromatic heterocycles. The highest BCUT2D eigenvalue weighted by atomic mass is 16.2. The van der Waals surface area contributed by atoms with E-state index in [1.807, 2.05) is 42.5 Å². The fourth-order valence-electron chi connectivity index (χ4n) is 4.20. The lowest BCUT2D eigenvalue weighted by atomic mass is 9.94. The molecule has 7 nitrogen and oxygen atoms in total. The van der Waals surface area contributed by atoms with Crippen LogP contribution in [0.4, 0.5) is 5.69 Å². The number of rotatable bonds is 8. The van der Waals surface area contributed by atoms with E-state index in [-0.39, 0.29) is 18.5 Å². The Morgan fingerprint density at radius 1 is 1.03 bits per heavy atom. The van der Waals surface area contributed by atoms with Gasteiger partial charge in [0.25, 0.3) is 0 Å². The van der Waals surface area contributed by atoms with Crippen LogP contribution in [0.2, 0.25) is 0 Å². The molecule has 1 saturated carbocycles. The van der Waals surface area contributed by atoms with Crippen molar-refractivity contribution in [2.45, 2.75) is 64.0 Å². The SMILES string of the molecule is CC(C)c1ccc(C(C(=O)NC2CCCCC2)N(C(=O)CN=[N+]=[N-])c2ccccc2)cc1. The van der Waals surface area contributed by atoms with Gasteiger partial charge in [0, 0.05) is 16.6 Å². The number of nitrogens with zero attached hydrogens (tertiary/aromatic N) is 4. The van der Waals surface area contributed by atoms with E-state index in [0.29, 0.717) is 11.6 Å². The number of hydrogen-bond acceptors (Lipinski definition) is 3. The first kappa shape index (κ1) is 23.4. The summed E-state index contributed by atoms with van der Waals surface area (Å²) < 4.78 is 0. The van der Waals surface area contributed by atoms with Crippen LogP contribution in [0.5, 0.6) is 0 Å². The Labute approximate surface area is 189 Å². The van der Waals surface area contributed by atoms with Crippen LogP contribution in [-0.4, -0.2) is 24.4 Å². The molecule has 7 heteroatoms. The van der Waals surface area contributed by atoms with Gasteiger partial charge in [0.05, 0.1) is 0 Å². The Morgan fingerprint density at radius 2 is 1.66 bits per heavy atom.